The lowest BCUT2D eigenvalue weighted by molar-refractivity contribution is 0.602. The number of anilines is 1. The summed E-state index contributed by atoms with van der Waals surface area (Å²) in [5, 5.41) is 0. The molecule has 0 aliphatic carbocycles. The van der Waals surface area contributed by atoms with E-state index in [9.17, 15) is 8.42 Å². The van der Waals surface area contributed by atoms with Crippen LogP contribution in [0.4, 0.5) is 5.69 Å². The molecule has 1 rings (SSSR count). The van der Waals surface area contributed by atoms with Crippen LogP contribution < -0.4 is 4.90 Å². The first kappa shape index (κ1) is 11.0. The van der Waals surface area contributed by atoms with Gasteiger partial charge in [0.15, 0.2) is 9.84 Å². The van der Waals surface area contributed by atoms with Crippen LogP contribution >= 0.6 is 0 Å². The summed E-state index contributed by atoms with van der Waals surface area (Å²) in [5.74, 6) is 0. The number of hydrogen-bond donors (Lipinski definition) is 0. The van der Waals surface area contributed by atoms with Gasteiger partial charge in [-0.25, -0.2) is 8.42 Å². The number of sulfone groups is 1. The van der Waals surface area contributed by atoms with Gasteiger partial charge in [0, 0.05) is 26.0 Å². The summed E-state index contributed by atoms with van der Waals surface area (Å²) in [6.07, 6.45) is 1.22. The molecule has 0 saturated carbocycles. The Morgan fingerprint density at radius 2 is 1.79 bits per heavy atom. The minimum absolute atomic E-state index is 0.376. The smallest absolute Gasteiger partial charge is 0.175 e. The fourth-order valence-electron chi connectivity index (χ4n) is 1.36. The second-order valence-electron chi connectivity index (χ2n) is 3.61. The highest BCUT2D eigenvalue weighted by Gasteiger charge is 2.09. The standard InChI is InChI=1S/C10H15NO2S/c1-8-7-9(14(4,12)13)5-6-10(8)11(2)3/h5-7H,1-4H3. The van der Waals surface area contributed by atoms with Crippen LogP contribution in [0.3, 0.4) is 0 Å². The maximum Gasteiger partial charge on any atom is 0.175 e. The Kier molecular flexibility index (Phi) is 2.85. The molecule has 0 spiro atoms. The number of hydrogen-bond acceptors (Lipinski definition) is 3. The van der Waals surface area contributed by atoms with Crippen molar-refractivity contribution >= 4 is 15.5 Å². The van der Waals surface area contributed by atoms with E-state index >= 15 is 0 Å². The summed E-state index contributed by atoms with van der Waals surface area (Å²) in [6, 6.07) is 5.16. The van der Waals surface area contributed by atoms with Gasteiger partial charge < -0.3 is 4.90 Å². The Labute approximate surface area is 85.3 Å². The van der Waals surface area contributed by atoms with Gasteiger partial charge in [0.05, 0.1) is 4.90 Å². The van der Waals surface area contributed by atoms with E-state index < -0.39 is 9.84 Å². The Balaban J connectivity index is 3.27. The van der Waals surface area contributed by atoms with Crippen LogP contribution in [0.1, 0.15) is 5.56 Å². The van der Waals surface area contributed by atoms with E-state index in [0.29, 0.717) is 4.90 Å². The van der Waals surface area contributed by atoms with Crippen LogP contribution in [0, 0.1) is 6.92 Å². The number of rotatable bonds is 2. The zero-order valence-corrected chi connectivity index (χ0v) is 9.72. The molecule has 78 valence electrons. The minimum atomic E-state index is -3.09. The Morgan fingerprint density at radius 3 is 2.14 bits per heavy atom. The maximum atomic E-state index is 11.3. The minimum Gasteiger partial charge on any atom is -0.377 e. The molecule has 0 amide bonds. The molecule has 0 aliphatic heterocycles. The largest absolute Gasteiger partial charge is 0.377 e. The van der Waals surface area contributed by atoms with Gasteiger partial charge in [0.2, 0.25) is 0 Å². The van der Waals surface area contributed by atoms with Crippen molar-refractivity contribution in [2.75, 3.05) is 25.3 Å². The zero-order valence-electron chi connectivity index (χ0n) is 8.90. The lowest BCUT2D eigenvalue weighted by atomic mass is 10.2. The molecular formula is C10H15NO2S. The van der Waals surface area contributed by atoms with E-state index in [4.69, 9.17) is 0 Å². The lowest BCUT2D eigenvalue weighted by Gasteiger charge is -2.15. The topological polar surface area (TPSA) is 37.4 Å². The molecule has 0 bridgehead atoms. The molecule has 0 atom stereocenters. The Hall–Kier alpha value is -1.03. The quantitative estimate of drug-likeness (QED) is 0.746. The molecule has 4 heteroatoms. The van der Waals surface area contributed by atoms with Crippen molar-refractivity contribution < 1.29 is 8.42 Å². The van der Waals surface area contributed by atoms with Crippen molar-refractivity contribution in [3.8, 4) is 0 Å². The SMILES string of the molecule is Cc1cc(S(C)(=O)=O)ccc1N(C)C. The predicted molar refractivity (Wildman–Crippen MR) is 58.6 cm³/mol. The van der Waals surface area contributed by atoms with Crippen LogP contribution in [0.2, 0.25) is 0 Å². The number of benzene rings is 1. The highest BCUT2D eigenvalue weighted by molar-refractivity contribution is 7.90. The van der Waals surface area contributed by atoms with Gasteiger partial charge in [-0.15, -0.1) is 0 Å². The van der Waals surface area contributed by atoms with E-state index in [1.807, 2.05) is 32.0 Å². The second-order valence-corrected chi connectivity index (χ2v) is 5.63. The molecule has 0 saturated heterocycles. The van der Waals surface area contributed by atoms with E-state index in [-0.39, 0.29) is 0 Å². The van der Waals surface area contributed by atoms with Gasteiger partial charge >= 0.3 is 0 Å². The van der Waals surface area contributed by atoms with E-state index in [2.05, 4.69) is 0 Å². The molecule has 0 radical (unpaired) electrons. The van der Waals surface area contributed by atoms with Crippen LogP contribution in [0.15, 0.2) is 23.1 Å². The van der Waals surface area contributed by atoms with E-state index in [1.165, 1.54) is 6.26 Å². The zero-order chi connectivity index (χ0) is 10.9. The molecule has 0 unspecified atom stereocenters. The highest BCUT2D eigenvalue weighted by Crippen LogP contribution is 2.21. The van der Waals surface area contributed by atoms with Gasteiger partial charge in [-0.3, -0.25) is 0 Å². The average Bonchev–Trinajstić information content (AvgIpc) is 2.01. The molecular weight excluding hydrogens is 198 g/mol. The van der Waals surface area contributed by atoms with Crippen molar-refractivity contribution in [2.45, 2.75) is 11.8 Å². The van der Waals surface area contributed by atoms with Gasteiger partial charge in [0.25, 0.3) is 0 Å². The molecule has 0 N–H and O–H groups in total. The van der Waals surface area contributed by atoms with Crippen molar-refractivity contribution in [2.24, 2.45) is 0 Å². The van der Waals surface area contributed by atoms with Crippen LogP contribution in [0.25, 0.3) is 0 Å². The van der Waals surface area contributed by atoms with Gasteiger partial charge in [-0.05, 0) is 30.7 Å². The molecule has 0 aliphatic rings. The second kappa shape index (κ2) is 3.61. The summed E-state index contributed by atoms with van der Waals surface area (Å²) in [4.78, 5) is 2.34. The fraction of sp³-hybridized carbons (Fsp3) is 0.400. The summed E-state index contributed by atoms with van der Waals surface area (Å²) < 4.78 is 22.5. The predicted octanol–water partition coefficient (Wildman–Crippen LogP) is 1.46. The third kappa shape index (κ3) is 2.26. The molecule has 0 aromatic heterocycles. The van der Waals surface area contributed by atoms with Crippen LogP contribution in [0.5, 0.6) is 0 Å². The lowest BCUT2D eigenvalue weighted by Crippen LogP contribution is -2.10. The van der Waals surface area contributed by atoms with Crippen LogP contribution in [-0.2, 0) is 9.84 Å². The molecule has 0 fully saturated rings. The summed E-state index contributed by atoms with van der Waals surface area (Å²) in [7, 11) is 0.780. The first-order valence-corrected chi connectivity index (χ1v) is 6.19. The monoisotopic (exact) mass is 213 g/mol. The normalized spacial score (nSPS) is 11.4. The number of aryl methyl sites for hydroxylation is 1. The van der Waals surface area contributed by atoms with E-state index in [0.717, 1.165) is 11.3 Å². The Bertz CT molecular complexity index is 435. The molecule has 3 nitrogen and oxygen atoms in total. The van der Waals surface area contributed by atoms with Crippen molar-refractivity contribution in [3.63, 3.8) is 0 Å². The molecule has 0 heterocycles. The number of nitrogens with zero attached hydrogens (tertiary/aromatic N) is 1. The van der Waals surface area contributed by atoms with Gasteiger partial charge in [0.1, 0.15) is 0 Å². The van der Waals surface area contributed by atoms with Gasteiger partial charge in [-0.2, -0.15) is 0 Å². The van der Waals surface area contributed by atoms with Crippen molar-refractivity contribution in [1.82, 2.24) is 0 Å². The highest BCUT2D eigenvalue weighted by atomic mass is 32.2. The maximum absolute atomic E-state index is 11.3. The first-order chi connectivity index (χ1) is 6.32. The molecule has 1 aromatic rings. The summed E-state index contributed by atoms with van der Waals surface area (Å²) in [6.45, 7) is 1.91. The fourth-order valence-corrected chi connectivity index (χ4v) is 2.07. The third-order valence-corrected chi connectivity index (χ3v) is 3.19. The van der Waals surface area contributed by atoms with E-state index in [1.54, 1.807) is 12.1 Å². The first-order valence-electron chi connectivity index (χ1n) is 4.30. The van der Waals surface area contributed by atoms with Crippen molar-refractivity contribution in [1.29, 1.82) is 0 Å². The summed E-state index contributed by atoms with van der Waals surface area (Å²) in [5.41, 5.74) is 2.01. The third-order valence-electron chi connectivity index (χ3n) is 2.08. The van der Waals surface area contributed by atoms with Crippen LogP contribution in [-0.4, -0.2) is 28.8 Å². The van der Waals surface area contributed by atoms with Gasteiger partial charge in [-0.1, -0.05) is 0 Å². The average molecular weight is 213 g/mol. The summed E-state index contributed by atoms with van der Waals surface area (Å²) >= 11 is 0. The van der Waals surface area contributed by atoms with Crippen molar-refractivity contribution in [3.05, 3.63) is 23.8 Å². The molecule has 14 heavy (non-hydrogen) atoms. The Morgan fingerprint density at radius 1 is 1.21 bits per heavy atom. The molecule has 1 aromatic carbocycles.